The van der Waals surface area contributed by atoms with Gasteiger partial charge in [0.15, 0.2) is 0 Å². The van der Waals surface area contributed by atoms with Crippen molar-refractivity contribution in [1.82, 2.24) is 0 Å². The van der Waals surface area contributed by atoms with Crippen molar-refractivity contribution in [3.8, 4) is 0 Å². The summed E-state index contributed by atoms with van der Waals surface area (Å²) in [5.41, 5.74) is 7.48. The van der Waals surface area contributed by atoms with Crippen LogP contribution < -0.4 is 11.1 Å². The molecule has 0 aliphatic carbocycles. The minimum absolute atomic E-state index is 0.0258. The second-order valence-electron chi connectivity index (χ2n) is 4.50. The van der Waals surface area contributed by atoms with Gasteiger partial charge in [0.05, 0.1) is 0 Å². The molecule has 0 heterocycles. The largest absolute Gasteiger partial charge is 0.330 e. The molecule has 0 spiro atoms. The van der Waals surface area contributed by atoms with E-state index in [-0.39, 0.29) is 5.91 Å². The summed E-state index contributed by atoms with van der Waals surface area (Å²) in [6.07, 6.45) is 2.65. The molecule has 0 radical (unpaired) electrons. The molecule has 17 heavy (non-hydrogen) atoms. The molecule has 3 nitrogen and oxygen atoms in total. The van der Waals surface area contributed by atoms with Crippen molar-refractivity contribution in [2.75, 3.05) is 11.9 Å². The molecule has 1 atom stereocenters. The van der Waals surface area contributed by atoms with Crippen LogP contribution >= 0.6 is 0 Å². The van der Waals surface area contributed by atoms with Crippen molar-refractivity contribution in [1.29, 1.82) is 0 Å². The normalized spacial score (nSPS) is 12.2. The van der Waals surface area contributed by atoms with Crippen LogP contribution in [0.15, 0.2) is 24.3 Å². The molecule has 0 saturated carbocycles. The third kappa shape index (κ3) is 5.00. The van der Waals surface area contributed by atoms with E-state index in [9.17, 15) is 4.79 Å². The van der Waals surface area contributed by atoms with E-state index in [1.807, 2.05) is 12.1 Å². The topological polar surface area (TPSA) is 55.1 Å². The number of carbonyl (C=O) groups is 1. The summed E-state index contributed by atoms with van der Waals surface area (Å²) in [7, 11) is 0. The maximum atomic E-state index is 11.3. The minimum atomic E-state index is -0.0258. The molecule has 0 fully saturated rings. The van der Waals surface area contributed by atoms with E-state index in [4.69, 9.17) is 5.73 Å². The first kappa shape index (κ1) is 13.7. The molecule has 0 bridgehead atoms. The highest BCUT2D eigenvalue weighted by molar-refractivity contribution is 5.90. The second kappa shape index (κ2) is 7.07. The van der Waals surface area contributed by atoms with Crippen LogP contribution in [-0.2, 0) is 11.2 Å². The number of anilines is 1. The van der Waals surface area contributed by atoms with E-state index < -0.39 is 0 Å². The summed E-state index contributed by atoms with van der Waals surface area (Å²) in [6, 6.07) is 8.05. The predicted octanol–water partition coefficient (Wildman–Crippen LogP) is 2.56. The van der Waals surface area contributed by atoms with Gasteiger partial charge < -0.3 is 11.1 Å². The summed E-state index contributed by atoms with van der Waals surface area (Å²) in [5, 5.41) is 2.82. The molecule has 1 aromatic carbocycles. The maximum absolute atomic E-state index is 11.3. The van der Waals surface area contributed by atoms with Gasteiger partial charge in [-0.1, -0.05) is 32.4 Å². The molecule has 0 aliphatic heterocycles. The molecule has 0 aromatic heterocycles. The van der Waals surface area contributed by atoms with Gasteiger partial charge in [-0.3, -0.25) is 4.79 Å². The standard InChI is InChI=1S/C14H22N2O/c1-3-11(2)10-12-4-6-13(7-5-12)16-14(17)8-9-15/h4-7,11H,3,8-10,15H2,1-2H3,(H,16,17). The first-order valence-corrected chi connectivity index (χ1v) is 6.24. The van der Waals surface area contributed by atoms with Gasteiger partial charge in [0.25, 0.3) is 0 Å². The molecule has 1 aromatic rings. The second-order valence-corrected chi connectivity index (χ2v) is 4.50. The molecular formula is C14H22N2O. The molecule has 1 unspecified atom stereocenters. The fourth-order valence-electron chi connectivity index (χ4n) is 1.63. The third-order valence-corrected chi connectivity index (χ3v) is 2.89. The van der Waals surface area contributed by atoms with Crippen LogP contribution in [-0.4, -0.2) is 12.5 Å². The number of rotatable bonds is 6. The molecule has 3 heteroatoms. The summed E-state index contributed by atoms with van der Waals surface area (Å²) in [5.74, 6) is 0.676. The number of benzene rings is 1. The zero-order valence-electron chi connectivity index (χ0n) is 10.7. The molecule has 1 rings (SSSR count). The van der Waals surface area contributed by atoms with Gasteiger partial charge in [-0.2, -0.15) is 0 Å². The smallest absolute Gasteiger partial charge is 0.225 e. The monoisotopic (exact) mass is 234 g/mol. The Labute approximate surface area is 103 Å². The molecule has 0 saturated heterocycles. The third-order valence-electron chi connectivity index (χ3n) is 2.89. The highest BCUT2D eigenvalue weighted by atomic mass is 16.1. The Hall–Kier alpha value is -1.35. The van der Waals surface area contributed by atoms with Crippen molar-refractivity contribution in [2.24, 2.45) is 11.7 Å². The van der Waals surface area contributed by atoms with Crippen LogP contribution in [0.2, 0.25) is 0 Å². The summed E-state index contributed by atoms with van der Waals surface area (Å²) in [6.45, 7) is 4.83. The van der Waals surface area contributed by atoms with Crippen molar-refractivity contribution < 1.29 is 4.79 Å². The number of nitrogens with one attached hydrogen (secondary N) is 1. The lowest BCUT2D eigenvalue weighted by molar-refractivity contribution is -0.116. The van der Waals surface area contributed by atoms with Gasteiger partial charge in [0.1, 0.15) is 0 Å². The average molecular weight is 234 g/mol. The SMILES string of the molecule is CCC(C)Cc1ccc(NC(=O)CCN)cc1. The van der Waals surface area contributed by atoms with Gasteiger partial charge in [-0.05, 0) is 30.0 Å². The lowest BCUT2D eigenvalue weighted by atomic mass is 9.99. The number of carbonyl (C=O) groups excluding carboxylic acids is 1. The lowest BCUT2D eigenvalue weighted by Gasteiger charge is -2.09. The van der Waals surface area contributed by atoms with Gasteiger partial charge >= 0.3 is 0 Å². The summed E-state index contributed by atoms with van der Waals surface area (Å²) in [4.78, 5) is 11.3. The maximum Gasteiger partial charge on any atom is 0.225 e. The lowest BCUT2D eigenvalue weighted by Crippen LogP contribution is -2.16. The first-order chi connectivity index (χ1) is 8.15. The fourth-order valence-corrected chi connectivity index (χ4v) is 1.63. The van der Waals surface area contributed by atoms with E-state index >= 15 is 0 Å². The summed E-state index contributed by atoms with van der Waals surface area (Å²) >= 11 is 0. The number of nitrogens with two attached hydrogens (primary N) is 1. The molecular weight excluding hydrogens is 212 g/mol. The van der Waals surface area contributed by atoms with Gasteiger partial charge in [-0.15, -0.1) is 0 Å². The average Bonchev–Trinajstić information content (AvgIpc) is 2.32. The van der Waals surface area contributed by atoms with Crippen molar-refractivity contribution >= 4 is 11.6 Å². The van der Waals surface area contributed by atoms with Gasteiger partial charge in [0.2, 0.25) is 5.91 Å². The van der Waals surface area contributed by atoms with E-state index in [1.54, 1.807) is 0 Å². The number of hydrogen-bond acceptors (Lipinski definition) is 2. The minimum Gasteiger partial charge on any atom is -0.330 e. The van der Waals surface area contributed by atoms with E-state index in [1.165, 1.54) is 12.0 Å². The van der Waals surface area contributed by atoms with Crippen LogP contribution in [0, 0.1) is 5.92 Å². The highest BCUT2D eigenvalue weighted by Crippen LogP contribution is 2.14. The van der Waals surface area contributed by atoms with Crippen molar-refractivity contribution in [3.05, 3.63) is 29.8 Å². The number of hydrogen-bond donors (Lipinski definition) is 2. The van der Waals surface area contributed by atoms with E-state index in [0.717, 1.165) is 12.1 Å². The van der Waals surface area contributed by atoms with Crippen LogP contribution in [0.5, 0.6) is 0 Å². The van der Waals surface area contributed by atoms with Crippen molar-refractivity contribution in [3.63, 3.8) is 0 Å². The van der Waals surface area contributed by atoms with Gasteiger partial charge in [-0.25, -0.2) is 0 Å². The number of amides is 1. The quantitative estimate of drug-likeness (QED) is 0.794. The Morgan fingerprint density at radius 2 is 2.00 bits per heavy atom. The van der Waals surface area contributed by atoms with Crippen LogP contribution in [0.4, 0.5) is 5.69 Å². The Balaban J connectivity index is 2.52. The van der Waals surface area contributed by atoms with Crippen molar-refractivity contribution in [2.45, 2.75) is 33.1 Å². The van der Waals surface area contributed by atoms with Crippen LogP contribution in [0.25, 0.3) is 0 Å². The van der Waals surface area contributed by atoms with E-state index in [2.05, 4.69) is 31.3 Å². The predicted molar refractivity (Wildman–Crippen MR) is 71.9 cm³/mol. The van der Waals surface area contributed by atoms with Crippen LogP contribution in [0.1, 0.15) is 32.3 Å². The van der Waals surface area contributed by atoms with Crippen LogP contribution in [0.3, 0.4) is 0 Å². The molecule has 1 amide bonds. The Bertz CT molecular complexity index is 346. The van der Waals surface area contributed by atoms with E-state index in [0.29, 0.717) is 18.9 Å². The Morgan fingerprint density at radius 3 is 2.53 bits per heavy atom. The zero-order valence-corrected chi connectivity index (χ0v) is 10.7. The van der Waals surface area contributed by atoms with Gasteiger partial charge in [0, 0.05) is 18.7 Å². The molecule has 0 aliphatic rings. The first-order valence-electron chi connectivity index (χ1n) is 6.24. The zero-order chi connectivity index (χ0) is 12.7. The summed E-state index contributed by atoms with van der Waals surface area (Å²) < 4.78 is 0. The fraction of sp³-hybridized carbons (Fsp3) is 0.500. The Morgan fingerprint density at radius 1 is 1.35 bits per heavy atom. The Kier molecular flexibility index (Phi) is 5.70. The molecule has 3 N–H and O–H groups in total. The molecule has 94 valence electrons. The highest BCUT2D eigenvalue weighted by Gasteiger charge is 2.03.